The lowest BCUT2D eigenvalue weighted by Crippen LogP contribution is -1.87. The minimum absolute atomic E-state index is 1.27. The van der Waals surface area contributed by atoms with E-state index in [0.717, 1.165) is 0 Å². The zero-order valence-corrected chi connectivity index (χ0v) is 15.4. The molecular formula is C28H18. The molecule has 0 aliphatic rings. The van der Waals surface area contributed by atoms with Gasteiger partial charge >= 0.3 is 0 Å². The van der Waals surface area contributed by atoms with Gasteiger partial charge in [0.2, 0.25) is 0 Å². The first-order valence-electron chi connectivity index (χ1n) is 9.71. The molecule has 130 valence electrons. The summed E-state index contributed by atoms with van der Waals surface area (Å²) in [6.45, 7) is 0. The Balaban J connectivity index is 1.82. The summed E-state index contributed by atoms with van der Waals surface area (Å²) >= 11 is 0. The van der Waals surface area contributed by atoms with E-state index in [0.29, 0.717) is 0 Å². The molecule has 0 N–H and O–H groups in total. The first kappa shape index (κ1) is 15.4. The number of benzene rings is 6. The van der Waals surface area contributed by atoms with Crippen molar-refractivity contribution in [1.29, 1.82) is 0 Å². The first-order valence-corrected chi connectivity index (χ1v) is 9.71. The van der Waals surface area contributed by atoms with Crippen molar-refractivity contribution in [3.63, 3.8) is 0 Å². The molecule has 0 amide bonds. The highest BCUT2D eigenvalue weighted by Crippen LogP contribution is 2.39. The van der Waals surface area contributed by atoms with Crippen LogP contribution >= 0.6 is 0 Å². The molecule has 0 saturated heterocycles. The number of hydrogen-bond acceptors (Lipinski definition) is 0. The molecule has 0 fully saturated rings. The highest BCUT2D eigenvalue weighted by Gasteiger charge is 2.12. The van der Waals surface area contributed by atoms with E-state index in [9.17, 15) is 0 Å². The van der Waals surface area contributed by atoms with Crippen LogP contribution in [0.15, 0.2) is 109 Å². The number of hydrogen-bond donors (Lipinski definition) is 0. The summed E-state index contributed by atoms with van der Waals surface area (Å²) in [4.78, 5) is 0. The maximum absolute atomic E-state index is 2.36. The molecule has 6 aromatic carbocycles. The van der Waals surface area contributed by atoms with Crippen LogP contribution in [0.4, 0.5) is 0 Å². The molecule has 6 rings (SSSR count). The summed E-state index contributed by atoms with van der Waals surface area (Å²) in [7, 11) is 0. The average Bonchev–Trinajstić information content (AvgIpc) is 2.78. The lowest BCUT2D eigenvalue weighted by Gasteiger charge is -2.14. The van der Waals surface area contributed by atoms with E-state index < -0.39 is 0 Å². The SMILES string of the molecule is c1ccc2cc(-c3cc4ccccc4c4ccc5ccccc5c34)ccc2c1. The molecule has 0 saturated carbocycles. The predicted molar refractivity (Wildman–Crippen MR) is 122 cm³/mol. The van der Waals surface area contributed by atoms with E-state index in [1.807, 2.05) is 0 Å². The Morgan fingerprint density at radius 2 is 1.00 bits per heavy atom. The molecular weight excluding hydrogens is 336 g/mol. The summed E-state index contributed by atoms with van der Waals surface area (Å²) in [6.07, 6.45) is 0. The van der Waals surface area contributed by atoms with E-state index in [2.05, 4.69) is 109 Å². The summed E-state index contributed by atoms with van der Waals surface area (Å²) in [5, 5.41) is 10.4. The van der Waals surface area contributed by atoms with Crippen molar-refractivity contribution in [1.82, 2.24) is 0 Å². The van der Waals surface area contributed by atoms with E-state index in [1.165, 1.54) is 54.2 Å². The molecule has 0 aromatic heterocycles. The molecule has 0 spiro atoms. The van der Waals surface area contributed by atoms with Crippen LogP contribution in [0, 0.1) is 0 Å². The quantitative estimate of drug-likeness (QED) is 0.263. The van der Waals surface area contributed by atoms with E-state index in [-0.39, 0.29) is 0 Å². The van der Waals surface area contributed by atoms with Crippen LogP contribution in [-0.2, 0) is 0 Å². The molecule has 28 heavy (non-hydrogen) atoms. The molecule has 0 nitrogen and oxygen atoms in total. The molecule has 0 aliphatic heterocycles. The zero-order valence-electron chi connectivity index (χ0n) is 15.4. The Bertz CT molecular complexity index is 1510. The van der Waals surface area contributed by atoms with Gasteiger partial charge in [0.15, 0.2) is 0 Å². The van der Waals surface area contributed by atoms with Gasteiger partial charge in [-0.3, -0.25) is 0 Å². The lowest BCUT2D eigenvalue weighted by molar-refractivity contribution is 1.70. The van der Waals surface area contributed by atoms with Crippen molar-refractivity contribution in [2.45, 2.75) is 0 Å². The molecule has 0 radical (unpaired) electrons. The van der Waals surface area contributed by atoms with Gasteiger partial charge in [-0.05, 0) is 66.3 Å². The maximum atomic E-state index is 2.36. The molecule has 0 unspecified atom stereocenters. The van der Waals surface area contributed by atoms with Crippen molar-refractivity contribution in [3.05, 3.63) is 109 Å². The van der Waals surface area contributed by atoms with Crippen LogP contribution in [0.1, 0.15) is 0 Å². The monoisotopic (exact) mass is 354 g/mol. The van der Waals surface area contributed by atoms with Gasteiger partial charge in [-0.25, -0.2) is 0 Å². The van der Waals surface area contributed by atoms with Crippen LogP contribution in [0.5, 0.6) is 0 Å². The van der Waals surface area contributed by atoms with Crippen molar-refractivity contribution < 1.29 is 0 Å². The Labute approximate surface area is 163 Å². The zero-order chi connectivity index (χ0) is 18.5. The van der Waals surface area contributed by atoms with Crippen LogP contribution in [-0.4, -0.2) is 0 Å². The summed E-state index contributed by atoms with van der Waals surface area (Å²) in [5.41, 5.74) is 2.57. The van der Waals surface area contributed by atoms with Crippen molar-refractivity contribution in [3.8, 4) is 11.1 Å². The summed E-state index contributed by atoms with van der Waals surface area (Å²) < 4.78 is 0. The van der Waals surface area contributed by atoms with Crippen LogP contribution < -0.4 is 0 Å². The van der Waals surface area contributed by atoms with Gasteiger partial charge in [0.25, 0.3) is 0 Å². The fraction of sp³-hybridized carbons (Fsp3) is 0. The fourth-order valence-electron chi connectivity index (χ4n) is 4.47. The third kappa shape index (κ3) is 2.25. The second-order valence-electron chi connectivity index (χ2n) is 7.42. The van der Waals surface area contributed by atoms with Gasteiger partial charge in [0, 0.05) is 0 Å². The minimum atomic E-state index is 1.27. The molecule has 0 atom stereocenters. The fourth-order valence-corrected chi connectivity index (χ4v) is 4.47. The van der Waals surface area contributed by atoms with Gasteiger partial charge in [0.1, 0.15) is 0 Å². The minimum Gasteiger partial charge on any atom is -0.0616 e. The van der Waals surface area contributed by atoms with Crippen molar-refractivity contribution >= 4 is 43.1 Å². The standard InChI is InChI=1S/C28H18/c1-2-9-21-17-23(14-13-19(21)7-1)27-18-22-10-4-5-11-24(22)26-16-15-20-8-3-6-12-25(20)28(26)27/h1-18H. The smallest absolute Gasteiger partial charge is 0.00204 e. The van der Waals surface area contributed by atoms with Gasteiger partial charge < -0.3 is 0 Å². The van der Waals surface area contributed by atoms with E-state index >= 15 is 0 Å². The predicted octanol–water partition coefficient (Wildman–Crippen LogP) is 7.97. The van der Waals surface area contributed by atoms with E-state index in [1.54, 1.807) is 0 Å². The normalized spacial score (nSPS) is 11.6. The largest absolute Gasteiger partial charge is 0.0616 e. The van der Waals surface area contributed by atoms with Crippen LogP contribution in [0.2, 0.25) is 0 Å². The highest BCUT2D eigenvalue weighted by molar-refractivity contribution is 6.23. The molecule has 0 heterocycles. The Hall–Kier alpha value is -3.64. The van der Waals surface area contributed by atoms with Crippen LogP contribution in [0.3, 0.4) is 0 Å². The Morgan fingerprint density at radius 3 is 1.86 bits per heavy atom. The molecule has 0 aliphatic carbocycles. The summed E-state index contributed by atoms with van der Waals surface area (Å²) in [6, 6.07) is 39.7. The van der Waals surface area contributed by atoms with Gasteiger partial charge in [-0.1, -0.05) is 97.1 Å². The molecule has 6 aromatic rings. The third-order valence-corrected chi connectivity index (χ3v) is 5.81. The number of fused-ring (bicyclic) bond motifs is 6. The van der Waals surface area contributed by atoms with Crippen molar-refractivity contribution in [2.75, 3.05) is 0 Å². The van der Waals surface area contributed by atoms with Crippen molar-refractivity contribution in [2.24, 2.45) is 0 Å². The summed E-state index contributed by atoms with van der Waals surface area (Å²) in [5.74, 6) is 0. The second kappa shape index (κ2) is 5.94. The Kier molecular flexibility index (Phi) is 3.27. The molecule has 0 heteroatoms. The number of rotatable bonds is 1. The lowest BCUT2D eigenvalue weighted by atomic mass is 9.89. The first-order chi connectivity index (χ1) is 13.9. The third-order valence-electron chi connectivity index (χ3n) is 5.81. The molecule has 0 bridgehead atoms. The average molecular weight is 354 g/mol. The maximum Gasteiger partial charge on any atom is -0.00204 e. The Morgan fingerprint density at radius 1 is 0.357 bits per heavy atom. The van der Waals surface area contributed by atoms with E-state index in [4.69, 9.17) is 0 Å². The van der Waals surface area contributed by atoms with Gasteiger partial charge in [0.05, 0.1) is 0 Å². The highest BCUT2D eigenvalue weighted by atomic mass is 14.1. The van der Waals surface area contributed by atoms with Gasteiger partial charge in [-0.15, -0.1) is 0 Å². The van der Waals surface area contributed by atoms with Gasteiger partial charge in [-0.2, -0.15) is 0 Å². The second-order valence-corrected chi connectivity index (χ2v) is 7.42. The topological polar surface area (TPSA) is 0 Å². The van der Waals surface area contributed by atoms with Crippen LogP contribution in [0.25, 0.3) is 54.2 Å².